The van der Waals surface area contributed by atoms with Crippen molar-refractivity contribution in [1.82, 2.24) is 4.90 Å². The topological polar surface area (TPSA) is 75.8 Å². The van der Waals surface area contributed by atoms with Gasteiger partial charge in [0.2, 0.25) is 0 Å². The molecule has 1 heterocycles. The summed E-state index contributed by atoms with van der Waals surface area (Å²) in [7, 11) is 0. The molecule has 0 aromatic rings. The normalized spacial score (nSPS) is 32.3. The maximum Gasteiger partial charge on any atom is 0.320 e. The van der Waals surface area contributed by atoms with Crippen LogP contribution in [0.3, 0.4) is 0 Å². The van der Waals surface area contributed by atoms with Gasteiger partial charge in [-0.15, -0.1) is 0 Å². The van der Waals surface area contributed by atoms with Crippen LogP contribution in [-0.4, -0.2) is 53.9 Å². The molecule has 0 bridgehead atoms. The molecule has 0 spiro atoms. The van der Waals surface area contributed by atoms with Crippen LogP contribution in [0.15, 0.2) is 0 Å². The molecule has 1 aliphatic heterocycles. The Labute approximate surface area is 95.5 Å². The molecule has 0 aromatic heterocycles. The van der Waals surface area contributed by atoms with E-state index in [9.17, 15) is 4.79 Å². The van der Waals surface area contributed by atoms with Crippen molar-refractivity contribution in [2.24, 2.45) is 5.73 Å². The Balaban J connectivity index is 1.82. The lowest BCUT2D eigenvalue weighted by atomic mass is 10.1. The Hall–Kier alpha value is -0.650. The number of fused-ring (bicyclic) bond motifs is 1. The van der Waals surface area contributed by atoms with Gasteiger partial charge in [0, 0.05) is 19.1 Å². The van der Waals surface area contributed by atoms with E-state index in [1.54, 1.807) is 0 Å². The Morgan fingerprint density at radius 3 is 3.12 bits per heavy atom. The molecule has 1 saturated carbocycles. The van der Waals surface area contributed by atoms with Crippen LogP contribution >= 0.6 is 0 Å². The predicted octanol–water partition coefficient (Wildman–Crippen LogP) is 0.0417. The fourth-order valence-electron chi connectivity index (χ4n) is 2.71. The van der Waals surface area contributed by atoms with E-state index in [2.05, 4.69) is 4.90 Å². The molecule has 3 atom stereocenters. The number of hydrogen-bond acceptors (Lipinski definition) is 4. The van der Waals surface area contributed by atoms with Gasteiger partial charge in [0.1, 0.15) is 6.04 Å². The van der Waals surface area contributed by atoms with Gasteiger partial charge >= 0.3 is 5.97 Å². The van der Waals surface area contributed by atoms with Crippen LogP contribution < -0.4 is 5.73 Å². The summed E-state index contributed by atoms with van der Waals surface area (Å²) in [5.41, 5.74) is 5.51. The van der Waals surface area contributed by atoms with Crippen molar-refractivity contribution in [3.8, 4) is 0 Å². The molecule has 5 nitrogen and oxygen atoms in total. The van der Waals surface area contributed by atoms with Gasteiger partial charge in [-0.25, -0.2) is 0 Å². The summed E-state index contributed by atoms with van der Waals surface area (Å²) in [5, 5.41) is 8.73. The molecule has 92 valence electrons. The number of carboxylic acid groups (broad SMARTS) is 1. The SMILES string of the molecule is NC(CCN1CCOC2CCCC21)C(=O)O. The highest BCUT2D eigenvalue weighted by Crippen LogP contribution is 2.29. The van der Waals surface area contributed by atoms with Crippen LogP contribution in [0.5, 0.6) is 0 Å². The summed E-state index contributed by atoms with van der Waals surface area (Å²) < 4.78 is 5.70. The van der Waals surface area contributed by atoms with Crippen molar-refractivity contribution < 1.29 is 14.6 Å². The number of aliphatic carboxylic acids is 1. The Kier molecular flexibility index (Phi) is 3.78. The molecule has 0 amide bonds. The van der Waals surface area contributed by atoms with Crippen molar-refractivity contribution in [1.29, 1.82) is 0 Å². The lowest BCUT2D eigenvalue weighted by molar-refractivity contribution is -0.138. The highest BCUT2D eigenvalue weighted by Gasteiger charge is 2.35. The van der Waals surface area contributed by atoms with Crippen LogP contribution in [0.4, 0.5) is 0 Å². The van der Waals surface area contributed by atoms with Crippen LogP contribution in [0.2, 0.25) is 0 Å². The number of nitrogens with zero attached hydrogens (tertiary/aromatic N) is 1. The zero-order chi connectivity index (χ0) is 11.5. The summed E-state index contributed by atoms with van der Waals surface area (Å²) in [4.78, 5) is 13.0. The van der Waals surface area contributed by atoms with E-state index in [0.29, 0.717) is 18.6 Å². The number of nitrogens with two attached hydrogens (primary N) is 1. The largest absolute Gasteiger partial charge is 0.480 e. The van der Waals surface area contributed by atoms with Gasteiger partial charge in [0.15, 0.2) is 0 Å². The van der Waals surface area contributed by atoms with E-state index >= 15 is 0 Å². The first-order valence-electron chi connectivity index (χ1n) is 6.02. The van der Waals surface area contributed by atoms with Gasteiger partial charge in [-0.3, -0.25) is 9.69 Å². The first-order valence-corrected chi connectivity index (χ1v) is 6.02. The Morgan fingerprint density at radius 2 is 2.38 bits per heavy atom. The van der Waals surface area contributed by atoms with Gasteiger partial charge in [-0.2, -0.15) is 0 Å². The fraction of sp³-hybridized carbons (Fsp3) is 0.909. The maximum atomic E-state index is 10.6. The first kappa shape index (κ1) is 11.8. The Morgan fingerprint density at radius 1 is 1.56 bits per heavy atom. The molecule has 0 aromatic carbocycles. The van der Waals surface area contributed by atoms with E-state index in [0.717, 1.165) is 26.1 Å². The summed E-state index contributed by atoms with van der Waals surface area (Å²) in [6, 6.07) is -0.238. The van der Waals surface area contributed by atoms with E-state index in [1.807, 2.05) is 0 Å². The number of carbonyl (C=O) groups is 1. The van der Waals surface area contributed by atoms with E-state index in [1.165, 1.54) is 12.8 Å². The highest BCUT2D eigenvalue weighted by atomic mass is 16.5. The van der Waals surface area contributed by atoms with E-state index in [-0.39, 0.29) is 0 Å². The summed E-state index contributed by atoms with van der Waals surface area (Å²) in [5.74, 6) is -0.906. The zero-order valence-electron chi connectivity index (χ0n) is 9.47. The molecule has 5 heteroatoms. The monoisotopic (exact) mass is 228 g/mol. The van der Waals surface area contributed by atoms with Gasteiger partial charge in [-0.1, -0.05) is 0 Å². The third-order valence-electron chi connectivity index (χ3n) is 3.64. The second kappa shape index (κ2) is 5.12. The molecule has 2 aliphatic rings. The minimum atomic E-state index is -0.906. The molecular formula is C11H20N2O3. The molecule has 0 radical (unpaired) electrons. The fourth-order valence-corrected chi connectivity index (χ4v) is 2.71. The number of rotatable bonds is 4. The van der Waals surface area contributed by atoms with Crippen molar-refractivity contribution >= 4 is 5.97 Å². The quantitative estimate of drug-likeness (QED) is 0.710. The zero-order valence-corrected chi connectivity index (χ0v) is 9.47. The molecule has 2 rings (SSSR count). The van der Waals surface area contributed by atoms with Crippen molar-refractivity contribution in [3.63, 3.8) is 0 Å². The second-order valence-electron chi connectivity index (χ2n) is 4.68. The lowest BCUT2D eigenvalue weighted by Crippen LogP contribution is -2.50. The standard InChI is InChI=1S/C11H20N2O3/c12-8(11(14)15)4-5-13-6-7-16-10-3-1-2-9(10)13/h8-10H,1-7,12H2,(H,14,15). The number of morpholine rings is 1. The predicted molar refractivity (Wildman–Crippen MR) is 59.2 cm³/mol. The molecule has 3 unspecified atom stereocenters. The minimum absolute atomic E-state index is 0.370. The van der Waals surface area contributed by atoms with Crippen molar-refractivity contribution in [2.45, 2.75) is 43.9 Å². The number of ether oxygens (including phenoxy) is 1. The third-order valence-corrected chi connectivity index (χ3v) is 3.64. The average molecular weight is 228 g/mol. The first-order chi connectivity index (χ1) is 7.68. The van der Waals surface area contributed by atoms with Crippen molar-refractivity contribution in [3.05, 3.63) is 0 Å². The summed E-state index contributed by atoms with van der Waals surface area (Å²) >= 11 is 0. The molecule has 2 fully saturated rings. The van der Waals surface area contributed by atoms with Gasteiger partial charge < -0.3 is 15.6 Å². The molecule has 1 aliphatic carbocycles. The summed E-state index contributed by atoms with van der Waals surface area (Å²) in [6.07, 6.45) is 4.43. The van der Waals surface area contributed by atoms with E-state index < -0.39 is 12.0 Å². The molecular weight excluding hydrogens is 208 g/mol. The smallest absolute Gasteiger partial charge is 0.320 e. The highest BCUT2D eigenvalue weighted by molar-refractivity contribution is 5.72. The van der Waals surface area contributed by atoms with Crippen LogP contribution in [-0.2, 0) is 9.53 Å². The van der Waals surface area contributed by atoms with Crippen LogP contribution in [0.25, 0.3) is 0 Å². The van der Waals surface area contributed by atoms with Crippen molar-refractivity contribution in [2.75, 3.05) is 19.7 Å². The van der Waals surface area contributed by atoms with Gasteiger partial charge in [0.25, 0.3) is 0 Å². The summed E-state index contributed by atoms with van der Waals surface area (Å²) in [6.45, 7) is 2.45. The lowest BCUT2D eigenvalue weighted by Gasteiger charge is -2.37. The number of carboxylic acids is 1. The Bertz CT molecular complexity index is 260. The second-order valence-corrected chi connectivity index (χ2v) is 4.68. The molecule has 16 heavy (non-hydrogen) atoms. The molecule has 1 saturated heterocycles. The average Bonchev–Trinajstić information content (AvgIpc) is 2.73. The maximum absolute atomic E-state index is 10.6. The van der Waals surface area contributed by atoms with Crippen LogP contribution in [0, 0.1) is 0 Å². The van der Waals surface area contributed by atoms with E-state index in [4.69, 9.17) is 15.6 Å². The van der Waals surface area contributed by atoms with Crippen LogP contribution in [0.1, 0.15) is 25.7 Å². The van der Waals surface area contributed by atoms with Gasteiger partial charge in [0.05, 0.1) is 12.7 Å². The number of hydrogen-bond donors (Lipinski definition) is 2. The molecule has 3 N–H and O–H groups in total. The van der Waals surface area contributed by atoms with Gasteiger partial charge in [-0.05, 0) is 25.7 Å². The third kappa shape index (κ3) is 2.53. The minimum Gasteiger partial charge on any atom is -0.480 e.